The van der Waals surface area contributed by atoms with Crippen LogP contribution in [0.5, 0.6) is 5.75 Å². The normalized spacial score (nSPS) is 19.9. The summed E-state index contributed by atoms with van der Waals surface area (Å²) in [5.74, 6) is 0.242. The number of aromatic hydroxyl groups is 1. The first kappa shape index (κ1) is 16.1. The van der Waals surface area contributed by atoms with Gasteiger partial charge in [-0.3, -0.25) is 4.98 Å². The number of nitrogens with one attached hydrogen (secondary N) is 1. The molecule has 0 amide bonds. The first-order valence-electron chi connectivity index (χ1n) is 7.99. The summed E-state index contributed by atoms with van der Waals surface area (Å²) < 4.78 is 0. The topological polar surface area (TPSA) is 48.4 Å². The lowest BCUT2D eigenvalue weighted by Crippen LogP contribution is -2.28. The van der Waals surface area contributed by atoms with Crippen molar-refractivity contribution in [2.45, 2.75) is 19.0 Å². The van der Waals surface area contributed by atoms with E-state index in [1.165, 1.54) is 9.75 Å². The van der Waals surface area contributed by atoms with Crippen LogP contribution in [-0.2, 0) is 0 Å². The Kier molecular flexibility index (Phi) is 4.15. The van der Waals surface area contributed by atoms with Crippen LogP contribution in [0.2, 0.25) is 0 Å². The smallest absolute Gasteiger partial charge is 0.174 e. The van der Waals surface area contributed by atoms with E-state index in [9.17, 15) is 5.11 Å². The number of thiophene rings is 1. The third-order valence-electron chi connectivity index (χ3n) is 4.28. The zero-order chi connectivity index (χ0) is 17.4. The second-order valence-electron chi connectivity index (χ2n) is 5.96. The lowest BCUT2D eigenvalue weighted by molar-refractivity contribution is 0.475. The molecule has 0 saturated carbocycles. The summed E-state index contributed by atoms with van der Waals surface area (Å²) in [6.07, 6.45) is 1.81. The van der Waals surface area contributed by atoms with Crippen molar-refractivity contribution < 1.29 is 5.11 Å². The molecule has 0 radical (unpaired) electrons. The van der Waals surface area contributed by atoms with Crippen molar-refractivity contribution >= 4 is 34.4 Å². The Morgan fingerprint density at radius 1 is 1.12 bits per heavy atom. The quantitative estimate of drug-likeness (QED) is 0.675. The molecule has 2 aromatic heterocycles. The standard InChI is InChI=1S/C19H17N3OS2/c1-12-5-10-16(25-12)18-17(15-4-2-3-11-20-15)21-19(24)22(18)13-6-8-14(23)9-7-13/h2-11,17-18,23H,1H3,(H,21,24)/t17-,18+/m1/s1. The highest BCUT2D eigenvalue weighted by atomic mass is 32.1. The largest absolute Gasteiger partial charge is 0.508 e. The van der Waals surface area contributed by atoms with Gasteiger partial charge in [0.05, 0.1) is 17.8 Å². The lowest BCUT2D eigenvalue weighted by atomic mass is 10.0. The van der Waals surface area contributed by atoms with Crippen molar-refractivity contribution in [2.24, 2.45) is 0 Å². The fraction of sp³-hybridized carbons (Fsp3) is 0.158. The molecule has 0 bridgehead atoms. The number of hydrogen-bond acceptors (Lipinski definition) is 4. The molecule has 1 aliphatic heterocycles. The van der Waals surface area contributed by atoms with Gasteiger partial charge in [-0.05, 0) is 67.7 Å². The van der Waals surface area contributed by atoms with Crippen molar-refractivity contribution in [3.8, 4) is 5.75 Å². The van der Waals surface area contributed by atoms with E-state index in [1.54, 1.807) is 29.7 Å². The molecule has 4 nitrogen and oxygen atoms in total. The van der Waals surface area contributed by atoms with Crippen molar-refractivity contribution in [1.29, 1.82) is 0 Å². The summed E-state index contributed by atoms with van der Waals surface area (Å²) in [6, 6.07) is 17.3. The highest BCUT2D eigenvalue weighted by Crippen LogP contribution is 2.43. The van der Waals surface area contributed by atoms with Crippen LogP contribution >= 0.6 is 23.6 Å². The number of rotatable bonds is 3. The van der Waals surface area contributed by atoms with Gasteiger partial charge < -0.3 is 15.3 Å². The maximum absolute atomic E-state index is 9.61. The number of phenols is 1. The van der Waals surface area contributed by atoms with Gasteiger partial charge in [-0.2, -0.15) is 0 Å². The Balaban J connectivity index is 1.81. The van der Waals surface area contributed by atoms with Crippen LogP contribution in [0.15, 0.2) is 60.8 Å². The molecule has 126 valence electrons. The van der Waals surface area contributed by atoms with Crippen LogP contribution < -0.4 is 10.2 Å². The van der Waals surface area contributed by atoms with Crippen LogP contribution in [0.4, 0.5) is 5.69 Å². The molecular formula is C19H17N3OS2. The van der Waals surface area contributed by atoms with Crippen molar-refractivity contribution in [2.75, 3.05) is 4.90 Å². The lowest BCUT2D eigenvalue weighted by Gasteiger charge is -2.26. The van der Waals surface area contributed by atoms with E-state index in [-0.39, 0.29) is 17.8 Å². The number of thiocarbonyl (C=S) groups is 1. The molecule has 4 rings (SSSR count). The van der Waals surface area contributed by atoms with Gasteiger partial charge in [-0.25, -0.2) is 0 Å². The van der Waals surface area contributed by atoms with Gasteiger partial charge >= 0.3 is 0 Å². The van der Waals surface area contributed by atoms with Gasteiger partial charge in [0.15, 0.2) is 5.11 Å². The summed E-state index contributed by atoms with van der Waals surface area (Å²) in [5.41, 5.74) is 1.91. The Bertz CT molecular complexity index is 893. The highest BCUT2D eigenvalue weighted by molar-refractivity contribution is 7.80. The van der Waals surface area contributed by atoms with Gasteiger partial charge in [0.25, 0.3) is 0 Å². The summed E-state index contributed by atoms with van der Waals surface area (Å²) in [6.45, 7) is 2.11. The van der Waals surface area contributed by atoms with Gasteiger partial charge in [0.1, 0.15) is 5.75 Å². The molecule has 0 unspecified atom stereocenters. The van der Waals surface area contributed by atoms with Crippen molar-refractivity contribution in [3.63, 3.8) is 0 Å². The molecular weight excluding hydrogens is 350 g/mol. The van der Waals surface area contributed by atoms with E-state index < -0.39 is 0 Å². The van der Waals surface area contributed by atoms with E-state index in [0.29, 0.717) is 5.11 Å². The van der Waals surface area contributed by atoms with E-state index in [1.807, 2.05) is 30.3 Å². The molecule has 1 fully saturated rings. The number of aryl methyl sites for hydroxylation is 1. The third kappa shape index (κ3) is 2.99. The Hall–Kier alpha value is -2.44. The average molecular weight is 367 g/mol. The number of phenolic OH excluding ortho intramolecular Hbond substituents is 1. The monoisotopic (exact) mass is 367 g/mol. The van der Waals surface area contributed by atoms with E-state index in [2.05, 4.69) is 34.3 Å². The first-order valence-corrected chi connectivity index (χ1v) is 9.22. The fourth-order valence-electron chi connectivity index (χ4n) is 3.15. The average Bonchev–Trinajstić information content (AvgIpc) is 3.20. The minimum atomic E-state index is -0.0273. The number of anilines is 1. The van der Waals surface area contributed by atoms with E-state index in [4.69, 9.17) is 12.2 Å². The van der Waals surface area contributed by atoms with Crippen LogP contribution in [0.1, 0.15) is 27.5 Å². The maximum atomic E-state index is 9.61. The van der Waals surface area contributed by atoms with Gasteiger partial charge in [0.2, 0.25) is 0 Å². The Labute approximate surface area is 155 Å². The molecule has 6 heteroatoms. The minimum Gasteiger partial charge on any atom is -0.508 e. The SMILES string of the molecule is Cc1ccc([C@H]2[C@@H](c3ccccn3)NC(=S)N2c2ccc(O)cc2)s1. The first-order chi connectivity index (χ1) is 12.1. The summed E-state index contributed by atoms with van der Waals surface area (Å²) in [4.78, 5) is 9.14. The fourth-order valence-corrected chi connectivity index (χ4v) is 4.50. The molecule has 25 heavy (non-hydrogen) atoms. The molecule has 1 aromatic carbocycles. The Morgan fingerprint density at radius 3 is 2.56 bits per heavy atom. The highest BCUT2D eigenvalue weighted by Gasteiger charge is 2.41. The van der Waals surface area contributed by atoms with Crippen LogP contribution in [0.3, 0.4) is 0 Å². The molecule has 1 saturated heterocycles. The van der Waals surface area contributed by atoms with Crippen molar-refractivity contribution in [1.82, 2.24) is 10.3 Å². The van der Waals surface area contributed by atoms with Gasteiger partial charge in [-0.15, -0.1) is 11.3 Å². The molecule has 1 aliphatic rings. The zero-order valence-electron chi connectivity index (χ0n) is 13.6. The second kappa shape index (κ2) is 6.46. The van der Waals surface area contributed by atoms with E-state index in [0.717, 1.165) is 11.4 Å². The number of nitrogens with zero attached hydrogens (tertiary/aromatic N) is 2. The molecule has 3 aromatic rings. The van der Waals surface area contributed by atoms with Crippen LogP contribution in [0, 0.1) is 6.92 Å². The summed E-state index contributed by atoms with van der Waals surface area (Å²) >= 11 is 7.41. The van der Waals surface area contributed by atoms with Gasteiger partial charge in [-0.1, -0.05) is 6.07 Å². The Morgan fingerprint density at radius 2 is 1.92 bits per heavy atom. The third-order valence-corrected chi connectivity index (χ3v) is 5.66. The minimum absolute atomic E-state index is 0.0191. The van der Waals surface area contributed by atoms with E-state index >= 15 is 0 Å². The van der Waals surface area contributed by atoms with Gasteiger partial charge in [0, 0.05) is 21.6 Å². The van der Waals surface area contributed by atoms with Crippen molar-refractivity contribution in [3.05, 3.63) is 76.2 Å². The second-order valence-corrected chi connectivity index (χ2v) is 7.67. The van der Waals surface area contributed by atoms with Crippen LogP contribution in [0.25, 0.3) is 0 Å². The summed E-state index contributed by atoms with van der Waals surface area (Å²) in [5, 5.41) is 13.7. The number of hydrogen-bond donors (Lipinski definition) is 2. The molecule has 2 N–H and O–H groups in total. The molecule has 0 spiro atoms. The number of aromatic nitrogens is 1. The predicted molar refractivity (Wildman–Crippen MR) is 105 cm³/mol. The maximum Gasteiger partial charge on any atom is 0.174 e. The molecule has 3 heterocycles. The number of pyridine rings is 1. The number of benzene rings is 1. The molecule has 2 atom stereocenters. The predicted octanol–water partition coefficient (Wildman–Crippen LogP) is 4.33. The van der Waals surface area contributed by atoms with Crippen LogP contribution in [-0.4, -0.2) is 15.2 Å². The zero-order valence-corrected chi connectivity index (χ0v) is 15.2. The molecule has 0 aliphatic carbocycles. The summed E-state index contributed by atoms with van der Waals surface area (Å²) in [7, 11) is 0.